The lowest BCUT2D eigenvalue weighted by Crippen LogP contribution is -2.32. The van der Waals surface area contributed by atoms with Crippen molar-refractivity contribution >= 4 is 5.91 Å². The van der Waals surface area contributed by atoms with E-state index < -0.39 is 0 Å². The molecular weight excluding hydrogens is 264 g/mol. The Balaban J connectivity index is 1.91. The highest BCUT2D eigenvalue weighted by molar-refractivity contribution is 5.96. The molecule has 2 N–H and O–H groups in total. The predicted molar refractivity (Wildman–Crippen MR) is 82.5 cm³/mol. The lowest BCUT2D eigenvalue weighted by atomic mass is 9.94. The smallest absolute Gasteiger partial charge is 0.251 e. The molecule has 0 bridgehead atoms. The summed E-state index contributed by atoms with van der Waals surface area (Å²) in [6.07, 6.45) is 4.41. The molecule has 1 amide bonds. The largest absolute Gasteiger partial charge is 0.376 e. The van der Waals surface area contributed by atoms with Gasteiger partial charge in [0, 0.05) is 18.7 Å². The van der Waals surface area contributed by atoms with Crippen LogP contribution in [0.15, 0.2) is 18.2 Å². The molecule has 0 spiro atoms. The van der Waals surface area contributed by atoms with Crippen molar-refractivity contribution in [2.24, 2.45) is 0 Å². The number of hydrogen-bond acceptors (Lipinski definition) is 3. The third-order valence-corrected chi connectivity index (χ3v) is 4.41. The first-order chi connectivity index (χ1) is 10.3. The third-order valence-electron chi connectivity index (χ3n) is 4.41. The Hall–Kier alpha value is -1.39. The second-order valence-corrected chi connectivity index (χ2v) is 5.86. The van der Waals surface area contributed by atoms with Gasteiger partial charge in [0.2, 0.25) is 0 Å². The summed E-state index contributed by atoms with van der Waals surface area (Å²) in [5.41, 5.74) is 3.17. The monoisotopic (exact) mass is 288 g/mol. The Morgan fingerprint density at radius 1 is 1.43 bits per heavy atom. The molecular formula is C17H24N2O2. The average molecular weight is 288 g/mol. The summed E-state index contributed by atoms with van der Waals surface area (Å²) in [5, 5.41) is 6.50. The van der Waals surface area contributed by atoms with Gasteiger partial charge in [-0.2, -0.15) is 0 Å². The van der Waals surface area contributed by atoms with E-state index in [1.165, 1.54) is 5.56 Å². The number of ether oxygens (including phenoxy) is 1. The Labute approximate surface area is 126 Å². The number of nitrogens with one attached hydrogen (secondary N) is 2. The summed E-state index contributed by atoms with van der Waals surface area (Å²) in [6, 6.07) is 6.52. The molecule has 2 atom stereocenters. The highest BCUT2D eigenvalue weighted by Gasteiger charge is 2.28. The van der Waals surface area contributed by atoms with Crippen LogP contribution in [0.4, 0.5) is 0 Å². The van der Waals surface area contributed by atoms with Crippen LogP contribution in [0.1, 0.15) is 53.7 Å². The van der Waals surface area contributed by atoms with Crippen LogP contribution in [0.3, 0.4) is 0 Å². The number of carbonyl (C=O) groups excluding carboxylic acids is 1. The van der Waals surface area contributed by atoms with Gasteiger partial charge in [0.05, 0.1) is 12.1 Å². The molecule has 21 heavy (non-hydrogen) atoms. The third kappa shape index (κ3) is 3.11. The maximum absolute atomic E-state index is 12.2. The van der Waals surface area contributed by atoms with Crippen LogP contribution in [-0.4, -0.2) is 31.7 Å². The summed E-state index contributed by atoms with van der Waals surface area (Å²) in [4.78, 5) is 12.2. The summed E-state index contributed by atoms with van der Waals surface area (Å²) in [5.74, 6) is 0.0620. The highest BCUT2D eigenvalue weighted by atomic mass is 16.5. The lowest BCUT2D eigenvalue weighted by Gasteiger charge is -2.25. The van der Waals surface area contributed by atoms with E-state index in [0.717, 1.165) is 56.5 Å². The van der Waals surface area contributed by atoms with Crippen LogP contribution in [0.2, 0.25) is 0 Å². The van der Waals surface area contributed by atoms with Crippen LogP contribution >= 0.6 is 0 Å². The number of rotatable bonds is 4. The topological polar surface area (TPSA) is 50.4 Å². The summed E-state index contributed by atoms with van der Waals surface area (Å²) in [6.45, 7) is 4.62. The van der Waals surface area contributed by atoms with E-state index in [0.29, 0.717) is 0 Å². The van der Waals surface area contributed by atoms with Gasteiger partial charge in [-0.1, -0.05) is 19.1 Å². The van der Waals surface area contributed by atoms with E-state index in [1.807, 2.05) is 0 Å². The molecule has 2 aliphatic heterocycles. The fourth-order valence-corrected chi connectivity index (χ4v) is 3.34. The molecule has 114 valence electrons. The highest BCUT2D eigenvalue weighted by Crippen LogP contribution is 2.29. The molecule has 1 fully saturated rings. The van der Waals surface area contributed by atoms with Crippen molar-refractivity contribution in [2.75, 3.05) is 19.7 Å². The fourth-order valence-electron chi connectivity index (χ4n) is 3.34. The molecule has 0 radical (unpaired) electrons. The van der Waals surface area contributed by atoms with Crippen molar-refractivity contribution in [3.63, 3.8) is 0 Å². The van der Waals surface area contributed by atoms with Crippen LogP contribution in [0.5, 0.6) is 0 Å². The standard InChI is InChI=1S/C17H24N2O2/c1-2-18-16(15-6-4-10-21-15)13-8-7-12-5-3-9-19-17(20)14(12)11-13/h7-8,11,15-16,18H,2-6,9-10H2,1H3,(H,19,20). The minimum absolute atomic E-state index is 0.0620. The number of carbonyl (C=O) groups is 1. The normalized spacial score (nSPS) is 23.3. The molecule has 0 aliphatic carbocycles. The van der Waals surface area contributed by atoms with Crippen molar-refractivity contribution in [1.82, 2.24) is 10.6 Å². The molecule has 4 heteroatoms. The average Bonchev–Trinajstić information content (AvgIpc) is 2.96. The Bertz CT molecular complexity index is 510. The van der Waals surface area contributed by atoms with Crippen molar-refractivity contribution < 1.29 is 9.53 Å². The maximum Gasteiger partial charge on any atom is 0.251 e. The SMILES string of the molecule is CCNC(c1ccc2c(c1)C(=O)NCCC2)C1CCCO1. The van der Waals surface area contributed by atoms with Gasteiger partial charge in [0.15, 0.2) is 0 Å². The Morgan fingerprint density at radius 3 is 3.10 bits per heavy atom. The van der Waals surface area contributed by atoms with Gasteiger partial charge in [-0.05, 0) is 49.4 Å². The molecule has 1 aromatic rings. The second kappa shape index (κ2) is 6.58. The van der Waals surface area contributed by atoms with E-state index in [1.54, 1.807) is 0 Å². The van der Waals surface area contributed by atoms with E-state index in [2.05, 4.69) is 35.8 Å². The summed E-state index contributed by atoms with van der Waals surface area (Å²) < 4.78 is 5.85. The lowest BCUT2D eigenvalue weighted by molar-refractivity contribution is 0.0787. The van der Waals surface area contributed by atoms with E-state index in [-0.39, 0.29) is 18.1 Å². The van der Waals surface area contributed by atoms with Gasteiger partial charge in [-0.15, -0.1) is 0 Å². The zero-order chi connectivity index (χ0) is 14.7. The zero-order valence-corrected chi connectivity index (χ0v) is 12.7. The molecule has 4 nitrogen and oxygen atoms in total. The van der Waals surface area contributed by atoms with Crippen molar-refractivity contribution in [3.05, 3.63) is 34.9 Å². The van der Waals surface area contributed by atoms with Gasteiger partial charge < -0.3 is 15.4 Å². The van der Waals surface area contributed by atoms with Crippen molar-refractivity contribution in [2.45, 2.75) is 44.8 Å². The van der Waals surface area contributed by atoms with Crippen LogP contribution in [0.25, 0.3) is 0 Å². The first-order valence-electron chi connectivity index (χ1n) is 8.05. The molecule has 2 heterocycles. The first kappa shape index (κ1) is 14.5. The molecule has 2 aliphatic rings. The van der Waals surface area contributed by atoms with Crippen LogP contribution in [0, 0.1) is 0 Å². The number of benzene rings is 1. The van der Waals surface area contributed by atoms with E-state index >= 15 is 0 Å². The van der Waals surface area contributed by atoms with Gasteiger partial charge in [0.25, 0.3) is 5.91 Å². The predicted octanol–water partition coefficient (Wildman–Crippen LogP) is 2.19. The van der Waals surface area contributed by atoms with Crippen molar-refractivity contribution in [3.8, 4) is 0 Å². The number of hydrogen-bond donors (Lipinski definition) is 2. The Kier molecular flexibility index (Phi) is 4.56. The first-order valence-corrected chi connectivity index (χ1v) is 8.05. The maximum atomic E-state index is 12.2. The second-order valence-electron chi connectivity index (χ2n) is 5.86. The molecule has 0 saturated carbocycles. The van der Waals surface area contributed by atoms with E-state index in [4.69, 9.17) is 4.74 Å². The van der Waals surface area contributed by atoms with Gasteiger partial charge in [0.1, 0.15) is 0 Å². The number of likely N-dealkylation sites (N-methyl/N-ethyl adjacent to an activating group) is 1. The van der Waals surface area contributed by atoms with Crippen LogP contribution in [-0.2, 0) is 11.2 Å². The van der Waals surface area contributed by atoms with Gasteiger partial charge >= 0.3 is 0 Å². The number of aryl methyl sites for hydroxylation is 1. The van der Waals surface area contributed by atoms with Crippen LogP contribution < -0.4 is 10.6 Å². The van der Waals surface area contributed by atoms with Gasteiger partial charge in [-0.25, -0.2) is 0 Å². The minimum Gasteiger partial charge on any atom is -0.376 e. The fraction of sp³-hybridized carbons (Fsp3) is 0.588. The summed E-state index contributed by atoms with van der Waals surface area (Å²) in [7, 11) is 0. The quantitative estimate of drug-likeness (QED) is 0.893. The number of fused-ring (bicyclic) bond motifs is 1. The summed E-state index contributed by atoms with van der Waals surface area (Å²) >= 11 is 0. The minimum atomic E-state index is 0.0620. The number of amides is 1. The molecule has 1 saturated heterocycles. The van der Waals surface area contributed by atoms with Crippen molar-refractivity contribution in [1.29, 1.82) is 0 Å². The Morgan fingerprint density at radius 2 is 2.33 bits per heavy atom. The molecule has 1 aromatic carbocycles. The van der Waals surface area contributed by atoms with Gasteiger partial charge in [-0.3, -0.25) is 4.79 Å². The molecule has 0 aromatic heterocycles. The van der Waals surface area contributed by atoms with E-state index in [9.17, 15) is 4.79 Å². The molecule has 2 unspecified atom stereocenters. The molecule has 3 rings (SSSR count). The zero-order valence-electron chi connectivity index (χ0n) is 12.7.